The van der Waals surface area contributed by atoms with Crippen molar-refractivity contribution in [1.82, 2.24) is 10.2 Å². The summed E-state index contributed by atoms with van der Waals surface area (Å²) < 4.78 is 5.42. The fourth-order valence-electron chi connectivity index (χ4n) is 2.69. The van der Waals surface area contributed by atoms with Gasteiger partial charge < -0.3 is 15.0 Å². The molecule has 4 nitrogen and oxygen atoms in total. The summed E-state index contributed by atoms with van der Waals surface area (Å²) in [6, 6.07) is 0.477. The highest BCUT2D eigenvalue weighted by atomic mass is 16.6. The van der Waals surface area contributed by atoms with E-state index >= 15 is 0 Å². The number of rotatable bonds is 0. The molecule has 17 heavy (non-hydrogen) atoms. The predicted molar refractivity (Wildman–Crippen MR) is 66.9 cm³/mol. The Morgan fingerprint density at radius 2 is 2.06 bits per heavy atom. The van der Waals surface area contributed by atoms with Gasteiger partial charge in [-0.25, -0.2) is 4.79 Å². The van der Waals surface area contributed by atoms with Crippen LogP contribution >= 0.6 is 0 Å². The summed E-state index contributed by atoms with van der Waals surface area (Å²) in [7, 11) is 0. The van der Waals surface area contributed by atoms with Crippen LogP contribution in [0.15, 0.2) is 0 Å². The van der Waals surface area contributed by atoms with Crippen molar-refractivity contribution in [3.05, 3.63) is 0 Å². The van der Waals surface area contributed by atoms with Crippen molar-refractivity contribution < 1.29 is 9.53 Å². The largest absolute Gasteiger partial charge is 0.444 e. The Kier molecular flexibility index (Phi) is 3.61. The van der Waals surface area contributed by atoms with E-state index in [2.05, 4.69) is 5.32 Å². The Bertz CT molecular complexity index is 272. The van der Waals surface area contributed by atoms with Crippen LogP contribution in [-0.4, -0.2) is 42.3 Å². The van der Waals surface area contributed by atoms with Gasteiger partial charge in [0.2, 0.25) is 0 Å². The van der Waals surface area contributed by atoms with Gasteiger partial charge in [0, 0.05) is 19.1 Å². The number of hydrogen-bond donors (Lipinski definition) is 1. The van der Waals surface area contributed by atoms with E-state index in [1.165, 1.54) is 19.3 Å². The molecular weight excluding hydrogens is 216 g/mol. The molecule has 2 fully saturated rings. The zero-order valence-electron chi connectivity index (χ0n) is 11.2. The van der Waals surface area contributed by atoms with E-state index in [1.54, 1.807) is 0 Å². The van der Waals surface area contributed by atoms with Gasteiger partial charge in [-0.1, -0.05) is 6.42 Å². The normalized spacial score (nSPS) is 29.7. The maximum absolute atomic E-state index is 12.0. The van der Waals surface area contributed by atoms with Crippen molar-refractivity contribution in [2.45, 2.75) is 51.7 Å². The molecule has 98 valence electrons. The average molecular weight is 240 g/mol. The van der Waals surface area contributed by atoms with E-state index in [1.807, 2.05) is 25.7 Å². The molecule has 0 aromatic carbocycles. The van der Waals surface area contributed by atoms with Crippen LogP contribution in [0.1, 0.15) is 40.0 Å². The summed E-state index contributed by atoms with van der Waals surface area (Å²) >= 11 is 0. The van der Waals surface area contributed by atoms with Crippen LogP contribution < -0.4 is 5.32 Å². The monoisotopic (exact) mass is 240 g/mol. The molecular formula is C13H24N2O2. The second-order valence-corrected chi connectivity index (χ2v) is 6.20. The van der Waals surface area contributed by atoms with E-state index in [4.69, 9.17) is 4.74 Å². The standard InChI is InChI=1S/C13H24N2O2/c1-13(2,3)17-12(16)15-8-10-6-4-5-7-14-11(10)9-15/h10-11,14H,4-9H2,1-3H3/t10-,11-/m1/s1. The molecule has 0 unspecified atom stereocenters. The van der Waals surface area contributed by atoms with Crippen LogP contribution in [0.25, 0.3) is 0 Å². The summed E-state index contributed by atoms with van der Waals surface area (Å²) in [5.74, 6) is 0.616. The fraction of sp³-hybridized carbons (Fsp3) is 0.923. The predicted octanol–water partition coefficient (Wildman–Crippen LogP) is 2.00. The Balaban J connectivity index is 1.90. The third kappa shape index (κ3) is 3.35. The fourth-order valence-corrected chi connectivity index (χ4v) is 2.69. The summed E-state index contributed by atoms with van der Waals surface area (Å²) in [6.07, 6.45) is 3.61. The molecule has 2 rings (SSSR count). The van der Waals surface area contributed by atoms with Gasteiger partial charge in [-0.15, -0.1) is 0 Å². The van der Waals surface area contributed by atoms with Crippen molar-refractivity contribution in [1.29, 1.82) is 0 Å². The van der Waals surface area contributed by atoms with Crippen LogP contribution in [0.4, 0.5) is 4.79 Å². The summed E-state index contributed by atoms with van der Waals surface area (Å²) in [5, 5.41) is 3.54. The van der Waals surface area contributed by atoms with Crippen LogP contribution in [0.5, 0.6) is 0 Å². The first-order valence-corrected chi connectivity index (χ1v) is 6.67. The van der Waals surface area contributed by atoms with Gasteiger partial charge in [0.1, 0.15) is 5.60 Å². The molecule has 0 bridgehead atoms. The molecule has 0 aromatic rings. The van der Waals surface area contributed by atoms with E-state index < -0.39 is 5.60 Å². The SMILES string of the molecule is CC(C)(C)OC(=O)N1C[C@H]2CCCCN[C@@H]2C1. The van der Waals surface area contributed by atoms with Crippen molar-refractivity contribution >= 4 is 6.09 Å². The first kappa shape index (κ1) is 12.7. The van der Waals surface area contributed by atoms with Crippen molar-refractivity contribution in [3.63, 3.8) is 0 Å². The van der Waals surface area contributed by atoms with Gasteiger partial charge in [0.25, 0.3) is 0 Å². The molecule has 2 aliphatic heterocycles. The van der Waals surface area contributed by atoms with Gasteiger partial charge in [-0.05, 0) is 46.1 Å². The van der Waals surface area contributed by atoms with Gasteiger partial charge >= 0.3 is 6.09 Å². The molecule has 1 N–H and O–H groups in total. The van der Waals surface area contributed by atoms with Crippen molar-refractivity contribution in [2.24, 2.45) is 5.92 Å². The zero-order chi connectivity index (χ0) is 12.5. The molecule has 4 heteroatoms. The molecule has 2 aliphatic rings. The maximum Gasteiger partial charge on any atom is 0.410 e. The minimum atomic E-state index is -0.394. The topological polar surface area (TPSA) is 41.6 Å². The maximum atomic E-state index is 12.0. The minimum Gasteiger partial charge on any atom is -0.444 e. The minimum absolute atomic E-state index is 0.160. The highest BCUT2D eigenvalue weighted by Gasteiger charge is 2.37. The zero-order valence-corrected chi connectivity index (χ0v) is 11.2. The highest BCUT2D eigenvalue weighted by molar-refractivity contribution is 5.68. The third-order valence-electron chi connectivity index (χ3n) is 3.50. The number of fused-ring (bicyclic) bond motifs is 1. The van der Waals surface area contributed by atoms with Crippen LogP contribution in [0.2, 0.25) is 0 Å². The lowest BCUT2D eigenvalue weighted by molar-refractivity contribution is 0.0284. The first-order chi connectivity index (χ1) is 7.96. The lowest BCUT2D eigenvalue weighted by Gasteiger charge is -2.24. The Morgan fingerprint density at radius 3 is 2.76 bits per heavy atom. The summed E-state index contributed by atoms with van der Waals surface area (Å²) in [5.41, 5.74) is -0.394. The molecule has 0 radical (unpaired) electrons. The van der Waals surface area contributed by atoms with Crippen LogP contribution in [-0.2, 0) is 4.74 Å². The second kappa shape index (κ2) is 4.84. The smallest absolute Gasteiger partial charge is 0.410 e. The quantitative estimate of drug-likeness (QED) is 0.704. The molecule has 0 aromatic heterocycles. The lowest BCUT2D eigenvalue weighted by atomic mass is 9.99. The van der Waals surface area contributed by atoms with Gasteiger partial charge in [0.05, 0.1) is 0 Å². The molecule has 0 aliphatic carbocycles. The van der Waals surface area contributed by atoms with E-state index in [0.29, 0.717) is 12.0 Å². The second-order valence-electron chi connectivity index (χ2n) is 6.20. The summed E-state index contributed by atoms with van der Waals surface area (Å²) in [6.45, 7) is 8.49. The summed E-state index contributed by atoms with van der Waals surface area (Å²) in [4.78, 5) is 13.8. The number of amides is 1. The van der Waals surface area contributed by atoms with E-state index in [9.17, 15) is 4.79 Å². The number of likely N-dealkylation sites (tertiary alicyclic amines) is 1. The average Bonchev–Trinajstić information content (AvgIpc) is 2.48. The third-order valence-corrected chi connectivity index (χ3v) is 3.50. The molecule has 0 saturated carbocycles. The van der Waals surface area contributed by atoms with Crippen LogP contribution in [0.3, 0.4) is 0 Å². The van der Waals surface area contributed by atoms with Gasteiger partial charge in [0.15, 0.2) is 0 Å². The first-order valence-electron chi connectivity index (χ1n) is 6.67. The highest BCUT2D eigenvalue weighted by Crippen LogP contribution is 2.26. The van der Waals surface area contributed by atoms with Crippen LogP contribution in [0, 0.1) is 5.92 Å². The number of hydrogen-bond acceptors (Lipinski definition) is 3. The van der Waals surface area contributed by atoms with Gasteiger partial charge in [-0.2, -0.15) is 0 Å². The number of carbonyl (C=O) groups is 1. The van der Waals surface area contributed by atoms with Crippen molar-refractivity contribution in [2.75, 3.05) is 19.6 Å². The number of nitrogens with zero attached hydrogens (tertiary/aromatic N) is 1. The lowest BCUT2D eigenvalue weighted by Crippen LogP contribution is -2.38. The molecule has 1 amide bonds. The van der Waals surface area contributed by atoms with E-state index in [0.717, 1.165) is 19.6 Å². The Labute approximate surface area is 104 Å². The Morgan fingerprint density at radius 1 is 1.29 bits per heavy atom. The molecule has 2 heterocycles. The number of nitrogens with one attached hydrogen (secondary N) is 1. The van der Waals surface area contributed by atoms with Gasteiger partial charge in [-0.3, -0.25) is 0 Å². The molecule has 2 atom stereocenters. The Hall–Kier alpha value is -0.770. The van der Waals surface area contributed by atoms with E-state index in [-0.39, 0.29) is 6.09 Å². The molecule has 0 spiro atoms. The van der Waals surface area contributed by atoms with Crippen molar-refractivity contribution in [3.8, 4) is 0 Å². The number of ether oxygens (including phenoxy) is 1. The number of carbonyl (C=O) groups excluding carboxylic acids is 1. The molecule has 2 saturated heterocycles.